The summed E-state index contributed by atoms with van der Waals surface area (Å²) in [5.41, 5.74) is 0.970. The van der Waals surface area contributed by atoms with Gasteiger partial charge in [0.1, 0.15) is 5.75 Å². The number of ether oxygens (including phenoxy) is 2. The number of hydrogen-bond acceptors (Lipinski definition) is 4. The fraction of sp³-hybridized carbons (Fsp3) is 0.333. The van der Waals surface area contributed by atoms with Crippen molar-refractivity contribution in [3.05, 3.63) is 29.8 Å². The van der Waals surface area contributed by atoms with E-state index in [-0.39, 0.29) is 12.0 Å². The number of cyclic esters (lactones) is 1. The number of amides is 1. The monoisotopic (exact) mass is 235 g/mol. The second kappa shape index (κ2) is 4.86. The number of carbonyl (C=O) groups is 2. The molecule has 1 atom stereocenters. The third-order valence-electron chi connectivity index (χ3n) is 2.48. The van der Waals surface area contributed by atoms with E-state index in [0.29, 0.717) is 12.4 Å². The fourth-order valence-corrected chi connectivity index (χ4v) is 1.71. The van der Waals surface area contributed by atoms with Crippen molar-refractivity contribution < 1.29 is 19.1 Å². The Morgan fingerprint density at radius 3 is 2.71 bits per heavy atom. The van der Waals surface area contributed by atoms with Crippen LogP contribution in [0.3, 0.4) is 0 Å². The predicted octanol–water partition coefficient (Wildman–Crippen LogP) is 1.78. The molecule has 90 valence electrons. The van der Waals surface area contributed by atoms with Crippen LogP contribution in [-0.2, 0) is 9.53 Å². The van der Waals surface area contributed by atoms with Crippen LogP contribution in [-0.4, -0.2) is 18.7 Å². The summed E-state index contributed by atoms with van der Waals surface area (Å²) in [5.74, 6) is 0.150. The van der Waals surface area contributed by atoms with E-state index in [2.05, 4.69) is 5.32 Å². The topological polar surface area (TPSA) is 64.6 Å². The molecule has 1 amide bonds. The Labute approximate surface area is 98.7 Å². The summed E-state index contributed by atoms with van der Waals surface area (Å²) in [6.07, 6.45) is 0.337. The molecule has 1 aromatic rings. The Bertz CT molecular complexity index is 427. The zero-order valence-corrected chi connectivity index (χ0v) is 9.43. The molecule has 0 bridgehead atoms. The molecule has 1 aliphatic heterocycles. The first-order valence-corrected chi connectivity index (χ1v) is 5.37. The van der Waals surface area contributed by atoms with Crippen LogP contribution in [0.25, 0.3) is 0 Å². The van der Waals surface area contributed by atoms with Gasteiger partial charge < -0.3 is 14.8 Å². The van der Waals surface area contributed by atoms with Gasteiger partial charge in [0.2, 0.25) is 0 Å². The van der Waals surface area contributed by atoms with Gasteiger partial charge in [-0.05, 0) is 17.7 Å². The highest BCUT2D eigenvalue weighted by molar-refractivity contribution is 5.69. The molecule has 2 rings (SSSR count). The van der Waals surface area contributed by atoms with Crippen molar-refractivity contribution in [3.8, 4) is 5.75 Å². The molecule has 0 unspecified atom stereocenters. The lowest BCUT2D eigenvalue weighted by Gasteiger charge is -2.23. The first kappa shape index (κ1) is 11.4. The van der Waals surface area contributed by atoms with Crippen molar-refractivity contribution in [1.82, 2.24) is 5.32 Å². The summed E-state index contributed by atoms with van der Waals surface area (Å²) in [5, 5.41) is 2.72. The first-order chi connectivity index (χ1) is 8.15. The highest BCUT2D eigenvalue weighted by atomic mass is 16.6. The maximum atomic E-state index is 11.1. The smallest absolute Gasteiger partial charge is 0.407 e. The summed E-state index contributed by atoms with van der Waals surface area (Å²) in [6, 6.07) is 7.03. The van der Waals surface area contributed by atoms with Crippen LogP contribution in [0.4, 0.5) is 4.79 Å². The lowest BCUT2D eigenvalue weighted by Crippen LogP contribution is -2.35. The largest absolute Gasteiger partial charge is 0.449 e. The standard InChI is InChI=1S/C12H13NO4/c1-8(14)17-10-4-2-9(3-5-10)11-6-7-16-12(15)13-11/h2-5,11H,6-7H2,1H3,(H,13,15)/t11-/m0/s1. The average Bonchev–Trinajstić information content (AvgIpc) is 2.29. The molecule has 1 heterocycles. The Hall–Kier alpha value is -2.04. The molecule has 5 nitrogen and oxygen atoms in total. The summed E-state index contributed by atoms with van der Waals surface area (Å²) in [4.78, 5) is 21.8. The molecule has 0 spiro atoms. The SMILES string of the molecule is CC(=O)Oc1ccc([C@@H]2CCOC(=O)N2)cc1. The van der Waals surface area contributed by atoms with Crippen molar-refractivity contribution in [2.24, 2.45) is 0 Å². The second-order valence-corrected chi connectivity index (χ2v) is 3.78. The van der Waals surface area contributed by atoms with Crippen molar-refractivity contribution in [3.63, 3.8) is 0 Å². The molecule has 1 fully saturated rings. The van der Waals surface area contributed by atoms with E-state index in [9.17, 15) is 9.59 Å². The number of esters is 1. The predicted molar refractivity (Wildman–Crippen MR) is 59.6 cm³/mol. The minimum atomic E-state index is -0.398. The molecule has 1 aromatic carbocycles. The maximum absolute atomic E-state index is 11.1. The van der Waals surface area contributed by atoms with Gasteiger partial charge in [0, 0.05) is 13.3 Å². The highest BCUT2D eigenvalue weighted by Crippen LogP contribution is 2.22. The van der Waals surface area contributed by atoms with Gasteiger partial charge in [0.25, 0.3) is 0 Å². The van der Waals surface area contributed by atoms with Crippen LogP contribution in [0.5, 0.6) is 5.75 Å². The van der Waals surface area contributed by atoms with E-state index >= 15 is 0 Å². The van der Waals surface area contributed by atoms with Crippen LogP contribution in [0.1, 0.15) is 24.9 Å². The molecule has 1 saturated heterocycles. The molecule has 0 radical (unpaired) electrons. The number of hydrogen-bond donors (Lipinski definition) is 1. The van der Waals surface area contributed by atoms with E-state index < -0.39 is 6.09 Å². The molecule has 5 heteroatoms. The van der Waals surface area contributed by atoms with E-state index in [1.54, 1.807) is 12.1 Å². The molecule has 17 heavy (non-hydrogen) atoms. The molecule has 0 aromatic heterocycles. The minimum absolute atomic E-state index is 0.0392. The summed E-state index contributed by atoms with van der Waals surface area (Å²) >= 11 is 0. The lowest BCUT2D eigenvalue weighted by atomic mass is 10.0. The van der Waals surface area contributed by atoms with Crippen molar-refractivity contribution in [2.45, 2.75) is 19.4 Å². The van der Waals surface area contributed by atoms with Crippen molar-refractivity contribution in [2.75, 3.05) is 6.61 Å². The van der Waals surface area contributed by atoms with Gasteiger partial charge in [-0.1, -0.05) is 12.1 Å². The number of rotatable bonds is 2. The lowest BCUT2D eigenvalue weighted by molar-refractivity contribution is -0.131. The normalized spacial score (nSPS) is 19.1. The summed E-state index contributed by atoms with van der Waals surface area (Å²) < 4.78 is 9.71. The molecule has 1 N–H and O–H groups in total. The Kier molecular flexibility index (Phi) is 3.27. The molecule has 0 saturated carbocycles. The van der Waals surface area contributed by atoms with E-state index in [4.69, 9.17) is 9.47 Å². The van der Waals surface area contributed by atoms with Gasteiger partial charge in [-0.15, -0.1) is 0 Å². The summed E-state index contributed by atoms with van der Waals surface area (Å²) in [7, 11) is 0. The maximum Gasteiger partial charge on any atom is 0.407 e. The molecular formula is C12H13NO4. The first-order valence-electron chi connectivity index (χ1n) is 5.37. The zero-order valence-electron chi connectivity index (χ0n) is 9.43. The van der Waals surface area contributed by atoms with Crippen molar-refractivity contribution >= 4 is 12.1 Å². The van der Waals surface area contributed by atoms with E-state index in [0.717, 1.165) is 12.0 Å². The molecule has 0 aliphatic carbocycles. The van der Waals surface area contributed by atoms with Gasteiger partial charge in [0.15, 0.2) is 0 Å². The van der Waals surface area contributed by atoms with Crippen LogP contribution in [0, 0.1) is 0 Å². The fourth-order valence-electron chi connectivity index (χ4n) is 1.71. The minimum Gasteiger partial charge on any atom is -0.449 e. The highest BCUT2D eigenvalue weighted by Gasteiger charge is 2.20. The van der Waals surface area contributed by atoms with Crippen LogP contribution in [0.15, 0.2) is 24.3 Å². The Balaban J connectivity index is 2.06. The second-order valence-electron chi connectivity index (χ2n) is 3.78. The van der Waals surface area contributed by atoms with E-state index in [1.165, 1.54) is 6.92 Å². The van der Waals surface area contributed by atoms with Gasteiger partial charge in [-0.2, -0.15) is 0 Å². The van der Waals surface area contributed by atoms with Gasteiger partial charge in [0.05, 0.1) is 12.6 Å². The Morgan fingerprint density at radius 2 is 2.12 bits per heavy atom. The van der Waals surface area contributed by atoms with Crippen molar-refractivity contribution in [1.29, 1.82) is 0 Å². The van der Waals surface area contributed by atoms with Crippen LogP contribution in [0.2, 0.25) is 0 Å². The number of nitrogens with one attached hydrogen (secondary N) is 1. The average molecular weight is 235 g/mol. The van der Waals surface area contributed by atoms with Gasteiger partial charge >= 0.3 is 12.1 Å². The zero-order chi connectivity index (χ0) is 12.3. The van der Waals surface area contributed by atoms with Gasteiger partial charge in [-0.3, -0.25) is 4.79 Å². The number of alkyl carbamates (subject to hydrolysis) is 1. The summed E-state index contributed by atoms with van der Waals surface area (Å²) in [6.45, 7) is 1.77. The Morgan fingerprint density at radius 1 is 1.41 bits per heavy atom. The molecule has 1 aliphatic rings. The third kappa shape index (κ3) is 2.96. The van der Waals surface area contributed by atoms with E-state index in [1.807, 2.05) is 12.1 Å². The number of benzene rings is 1. The van der Waals surface area contributed by atoms with Gasteiger partial charge in [-0.25, -0.2) is 4.79 Å². The number of carbonyl (C=O) groups excluding carboxylic acids is 2. The van der Waals surface area contributed by atoms with Crippen LogP contribution >= 0.6 is 0 Å². The van der Waals surface area contributed by atoms with Crippen LogP contribution < -0.4 is 10.1 Å². The molecular weight excluding hydrogens is 222 g/mol. The quantitative estimate of drug-likeness (QED) is 0.627. The third-order valence-corrected chi connectivity index (χ3v) is 2.48.